The molecule has 1 aromatic carbocycles. The third kappa shape index (κ3) is 4.75. The fourth-order valence-electron chi connectivity index (χ4n) is 2.03. The molecule has 0 saturated carbocycles. The van der Waals surface area contributed by atoms with E-state index in [1.807, 2.05) is 0 Å². The van der Waals surface area contributed by atoms with E-state index in [1.54, 1.807) is 12.1 Å². The quantitative estimate of drug-likeness (QED) is 0.381. The lowest BCUT2D eigenvalue weighted by molar-refractivity contribution is -0.383. The highest BCUT2D eigenvalue weighted by Crippen LogP contribution is 2.25. The van der Waals surface area contributed by atoms with Gasteiger partial charge in [-0.3, -0.25) is 10.1 Å². The smallest absolute Gasteiger partial charge is 0.292 e. The first kappa shape index (κ1) is 15.2. The Morgan fingerprint density at radius 2 is 2.21 bits per heavy atom. The molecule has 0 fully saturated rings. The van der Waals surface area contributed by atoms with E-state index in [2.05, 4.69) is 12.2 Å². The second kappa shape index (κ2) is 7.58. The first-order valence-corrected chi connectivity index (χ1v) is 6.47. The highest BCUT2D eigenvalue weighted by Gasteiger charge is 2.12. The molecule has 0 amide bonds. The number of nitrogens with zero attached hydrogens (tertiary/aromatic N) is 1. The molecule has 1 rings (SSSR count). The van der Waals surface area contributed by atoms with Gasteiger partial charge in [0.15, 0.2) is 0 Å². The number of nitrogen functional groups attached to an aromatic ring is 1. The van der Waals surface area contributed by atoms with Gasteiger partial charge in [-0.2, -0.15) is 0 Å². The number of anilines is 2. The summed E-state index contributed by atoms with van der Waals surface area (Å²) in [6.45, 7) is 3.01. The van der Waals surface area contributed by atoms with Crippen LogP contribution in [0.15, 0.2) is 18.2 Å². The molecule has 0 spiro atoms. The maximum Gasteiger partial charge on any atom is 0.292 e. The summed E-state index contributed by atoms with van der Waals surface area (Å²) in [6.07, 6.45) is 2.86. The SMILES string of the molecule is CCCC(CCO)CNc1ccc([N+](=O)[O-])c(N)c1. The first-order valence-electron chi connectivity index (χ1n) is 6.47. The average Bonchev–Trinajstić information content (AvgIpc) is 2.36. The summed E-state index contributed by atoms with van der Waals surface area (Å²) in [5.41, 5.74) is 6.47. The minimum absolute atomic E-state index is 0.0778. The molecule has 0 heterocycles. The minimum Gasteiger partial charge on any atom is -0.396 e. The van der Waals surface area contributed by atoms with Crippen LogP contribution in [-0.4, -0.2) is 23.2 Å². The number of nitro benzene ring substituents is 1. The molecule has 0 aromatic heterocycles. The lowest BCUT2D eigenvalue weighted by Crippen LogP contribution is -2.15. The van der Waals surface area contributed by atoms with Crippen LogP contribution in [0.2, 0.25) is 0 Å². The van der Waals surface area contributed by atoms with Gasteiger partial charge < -0.3 is 16.2 Å². The van der Waals surface area contributed by atoms with E-state index in [9.17, 15) is 10.1 Å². The van der Waals surface area contributed by atoms with Crippen LogP contribution in [0.25, 0.3) is 0 Å². The van der Waals surface area contributed by atoms with Crippen molar-refractivity contribution in [2.24, 2.45) is 5.92 Å². The number of nitrogens with two attached hydrogens (primary N) is 1. The summed E-state index contributed by atoms with van der Waals surface area (Å²) in [4.78, 5) is 10.2. The Labute approximate surface area is 112 Å². The van der Waals surface area contributed by atoms with E-state index in [0.29, 0.717) is 5.92 Å². The topological polar surface area (TPSA) is 101 Å². The van der Waals surface area contributed by atoms with Crippen molar-refractivity contribution in [1.82, 2.24) is 0 Å². The third-order valence-corrected chi connectivity index (χ3v) is 3.05. The average molecular weight is 267 g/mol. The van der Waals surface area contributed by atoms with Crippen molar-refractivity contribution in [3.05, 3.63) is 28.3 Å². The molecule has 1 unspecified atom stereocenters. The van der Waals surface area contributed by atoms with E-state index in [4.69, 9.17) is 10.8 Å². The van der Waals surface area contributed by atoms with Crippen LogP contribution in [-0.2, 0) is 0 Å². The Balaban J connectivity index is 2.62. The number of rotatable bonds is 8. The van der Waals surface area contributed by atoms with Gasteiger partial charge in [-0.25, -0.2) is 0 Å². The van der Waals surface area contributed by atoms with Crippen LogP contribution in [0.3, 0.4) is 0 Å². The molecular weight excluding hydrogens is 246 g/mol. The summed E-state index contributed by atoms with van der Waals surface area (Å²) in [5, 5.41) is 22.8. The largest absolute Gasteiger partial charge is 0.396 e. The van der Waals surface area contributed by atoms with Crippen molar-refractivity contribution >= 4 is 17.1 Å². The number of aliphatic hydroxyl groups is 1. The molecule has 1 atom stereocenters. The van der Waals surface area contributed by atoms with Gasteiger partial charge in [0.05, 0.1) is 4.92 Å². The fraction of sp³-hybridized carbons (Fsp3) is 0.538. The van der Waals surface area contributed by atoms with E-state index in [-0.39, 0.29) is 18.0 Å². The molecule has 0 aliphatic carbocycles. The maximum absolute atomic E-state index is 10.6. The Morgan fingerprint density at radius 1 is 1.47 bits per heavy atom. The highest BCUT2D eigenvalue weighted by atomic mass is 16.6. The molecule has 0 aliphatic rings. The zero-order chi connectivity index (χ0) is 14.3. The van der Waals surface area contributed by atoms with Crippen LogP contribution in [0, 0.1) is 16.0 Å². The minimum atomic E-state index is -0.495. The van der Waals surface area contributed by atoms with Crippen LogP contribution >= 0.6 is 0 Å². The van der Waals surface area contributed by atoms with Gasteiger partial charge in [-0.15, -0.1) is 0 Å². The number of hydrogen-bond donors (Lipinski definition) is 3. The number of hydrogen-bond acceptors (Lipinski definition) is 5. The van der Waals surface area contributed by atoms with Gasteiger partial charge in [-0.1, -0.05) is 13.3 Å². The van der Waals surface area contributed by atoms with Crippen molar-refractivity contribution in [3.8, 4) is 0 Å². The van der Waals surface area contributed by atoms with Crippen LogP contribution in [0.1, 0.15) is 26.2 Å². The van der Waals surface area contributed by atoms with Gasteiger partial charge >= 0.3 is 0 Å². The van der Waals surface area contributed by atoms with Gasteiger partial charge in [0.25, 0.3) is 5.69 Å². The number of nitrogens with one attached hydrogen (secondary N) is 1. The standard InChI is InChI=1S/C13H21N3O3/c1-2-3-10(6-7-17)9-15-11-4-5-13(16(18)19)12(14)8-11/h4-5,8,10,15,17H,2-3,6-7,9,14H2,1H3. The van der Waals surface area contributed by atoms with Crippen LogP contribution in [0.4, 0.5) is 17.1 Å². The van der Waals surface area contributed by atoms with E-state index in [0.717, 1.165) is 31.5 Å². The van der Waals surface area contributed by atoms with E-state index in [1.165, 1.54) is 6.07 Å². The summed E-state index contributed by atoms with van der Waals surface area (Å²) < 4.78 is 0. The zero-order valence-electron chi connectivity index (χ0n) is 11.1. The Morgan fingerprint density at radius 3 is 2.74 bits per heavy atom. The molecule has 0 bridgehead atoms. The number of benzene rings is 1. The number of nitro groups is 1. The summed E-state index contributed by atoms with van der Waals surface area (Å²) in [6, 6.07) is 4.62. The number of aliphatic hydroxyl groups excluding tert-OH is 1. The summed E-state index contributed by atoms with van der Waals surface area (Å²) >= 11 is 0. The van der Waals surface area contributed by atoms with Crippen LogP contribution < -0.4 is 11.1 Å². The molecule has 4 N–H and O–H groups in total. The molecular formula is C13H21N3O3. The van der Waals surface area contributed by atoms with Crippen molar-refractivity contribution in [2.45, 2.75) is 26.2 Å². The lowest BCUT2D eigenvalue weighted by atomic mass is 10.00. The molecule has 0 aliphatic heterocycles. The maximum atomic E-state index is 10.6. The Hall–Kier alpha value is -1.82. The van der Waals surface area contributed by atoms with Crippen molar-refractivity contribution in [1.29, 1.82) is 0 Å². The fourth-order valence-corrected chi connectivity index (χ4v) is 2.03. The molecule has 106 valence electrons. The Kier molecular flexibility index (Phi) is 6.08. The Bertz CT molecular complexity index is 418. The predicted octanol–water partition coefficient (Wildman–Crippen LogP) is 2.39. The van der Waals surface area contributed by atoms with Crippen LogP contribution in [0.5, 0.6) is 0 Å². The second-order valence-electron chi connectivity index (χ2n) is 4.58. The lowest BCUT2D eigenvalue weighted by Gasteiger charge is -2.16. The van der Waals surface area contributed by atoms with E-state index >= 15 is 0 Å². The summed E-state index contributed by atoms with van der Waals surface area (Å²) in [7, 11) is 0. The molecule has 1 aromatic rings. The van der Waals surface area contributed by atoms with Crippen molar-refractivity contribution < 1.29 is 10.0 Å². The van der Waals surface area contributed by atoms with Crippen molar-refractivity contribution in [3.63, 3.8) is 0 Å². The third-order valence-electron chi connectivity index (χ3n) is 3.05. The molecule has 0 saturated heterocycles. The van der Waals surface area contributed by atoms with E-state index < -0.39 is 4.92 Å². The second-order valence-corrected chi connectivity index (χ2v) is 4.58. The highest BCUT2D eigenvalue weighted by molar-refractivity contribution is 5.65. The molecule has 6 nitrogen and oxygen atoms in total. The van der Waals surface area contributed by atoms with Gasteiger partial charge in [0.2, 0.25) is 0 Å². The van der Waals surface area contributed by atoms with Gasteiger partial charge in [0, 0.05) is 24.9 Å². The summed E-state index contributed by atoms with van der Waals surface area (Å²) in [5.74, 6) is 0.395. The molecule has 0 radical (unpaired) electrons. The molecule has 19 heavy (non-hydrogen) atoms. The zero-order valence-corrected chi connectivity index (χ0v) is 11.1. The van der Waals surface area contributed by atoms with Gasteiger partial charge in [-0.05, 0) is 30.9 Å². The van der Waals surface area contributed by atoms with Gasteiger partial charge in [0.1, 0.15) is 5.69 Å². The predicted molar refractivity (Wildman–Crippen MR) is 76.1 cm³/mol. The monoisotopic (exact) mass is 267 g/mol. The first-order chi connectivity index (χ1) is 9.08. The normalized spacial score (nSPS) is 12.1. The molecule has 6 heteroatoms. The van der Waals surface area contributed by atoms with Crippen molar-refractivity contribution in [2.75, 3.05) is 24.2 Å².